The lowest BCUT2D eigenvalue weighted by Crippen LogP contribution is -2.33. The number of methoxy groups -OCH3 is 1. The quantitative estimate of drug-likeness (QED) is 0.709. The number of ether oxygens (including phenoxy) is 1. The van der Waals surface area contributed by atoms with E-state index >= 15 is 0 Å². The fraction of sp³-hybridized carbons (Fsp3) is 0.409. The highest BCUT2D eigenvalue weighted by Gasteiger charge is 2.18. The van der Waals surface area contributed by atoms with Crippen molar-refractivity contribution in [3.63, 3.8) is 0 Å². The Hall–Kier alpha value is -2.33. The molecule has 0 aromatic heterocycles. The molecule has 2 aromatic carbocycles. The number of carbonyl (C=O) groups is 1. The van der Waals surface area contributed by atoms with E-state index in [0.717, 1.165) is 29.7 Å². The van der Waals surface area contributed by atoms with Gasteiger partial charge in [0.1, 0.15) is 5.75 Å². The molecule has 4 heteroatoms. The molecule has 26 heavy (non-hydrogen) atoms. The summed E-state index contributed by atoms with van der Waals surface area (Å²) >= 11 is 0. The van der Waals surface area contributed by atoms with Gasteiger partial charge in [-0.05, 0) is 42.5 Å². The van der Waals surface area contributed by atoms with Crippen molar-refractivity contribution in [1.82, 2.24) is 4.90 Å². The van der Waals surface area contributed by atoms with Gasteiger partial charge in [-0.1, -0.05) is 55.5 Å². The Morgan fingerprint density at radius 2 is 1.81 bits per heavy atom. The fourth-order valence-corrected chi connectivity index (χ4v) is 3.12. The molecule has 1 amide bonds. The molecule has 2 rings (SSSR count). The molecule has 140 valence electrons. The standard InChI is InChI=1S/C22H30N2O2/c1-18(15-20-11-6-7-12-21(20)26-2)16-22(25)24(14-8-13-23)17-19-9-4-3-5-10-19/h3-7,9-12,18H,8,13-17,23H2,1-2H3. The summed E-state index contributed by atoms with van der Waals surface area (Å²) in [6.07, 6.45) is 2.17. The zero-order chi connectivity index (χ0) is 18.8. The Kier molecular flexibility index (Phi) is 8.16. The number of rotatable bonds is 10. The van der Waals surface area contributed by atoms with E-state index in [1.165, 1.54) is 0 Å². The molecule has 0 aliphatic heterocycles. The lowest BCUT2D eigenvalue weighted by molar-refractivity contribution is -0.132. The SMILES string of the molecule is COc1ccccc1CC(C)CC(=O)N(CCCN)Cc1ccccc1. The minimum absolute atomic E-state index is 0.185. The van der Waals surface area contributed by atoms with Crippen LogP contribution in [-0.2, 0) is 17.8 Å². The summed E-state index contributed by atoms with van der Waals surface area (Å²) < 4.78 is 5.42. The Labute approximate surface area is 157 Å². The van der Waals surface area contributed by atoms with Gasteiger partial charge in [-0.3, -0.25) is 4.79 Å². The van der Waals surface area contributed by atoms with Crippen molar-refractivity contribution < 1.29 is 9.53 Å². The zero-order valence-electron chi connectivity index (χ0n) is 15.9. The Morgan fingerprint density at radius 1 is 1.12 bits per heavy atom. The van der Waals surface area contributed by atoms with Crippen molar-refractivity contribution in [3.8, 4) is 5.75 Å². The predicted molar refractivity (Wildman–Crippen MR) is 106 cm³/mol. The van der Waals surface area contributed by atoms with Gasteiger partial charge in [0.05, 0.1) is 7.11 Å². The van der Waals surface area contributed by atoms with Gasteiger partial charge in [0.15, 0.2) is 0 Å². The molecule has 0 saturated heterocycles. The van der Waals surface area contributed by atoms with Gasteiger partial charge in [-0.25, -0.2) is 0 Å². The normalized spacial score (nSPS) is 11.8. The van der Waals surface area contributed by atoms with Crippen molar-refractivity contribution in [2.45, 2.75) is 32.7 Å². The third-order valence-corrected chi connectivity index (χ3v) is 4.49. The predicted octanol–water partition coefficient (Wildman–Crippen LogP) is 3.64. The average Bonchev–Trinajstić information content (AvgIpc) is 2.66. The van der Waals surface area contributed by atoms with E-state index in [1.807, 2.05) is 41.3 Å². The van der Waals surface area contributed by atoms with Gasteiger partial charge in [-0.2, -0.15) is 0 Å². The molecule has 0 heterocycles. The van der Waals surface area contributed by atoms with Crippen LogP contribution in [-0.4, -0.2) is 31.0 Å². The van der Waals surface area contributed by atoms with E-state index in [2.05, 4.69) is 25.1 Å². The first-order valence-corrected chi connectivity index (χ1v) is 9.27. The summed E-state index contributed by atoms with van der Waals surface area (Å²) in [5.41, 5.74) is 7.95. The second kappa shape index (κ2) is 10.6. The third kappa shape index (κ3) is 6.19. The summed E-state index contributed by atoms with van der Waals surface area (Å²) in [4.78, 5) is 14.8. The van der Waals surface area contributed by atoms with E-state index in [1.54, 1.807) is 7.11 Å². The number of hydrogen-bond donors (Lipinski definition) is 1. The van der Waals surface area contributed by atoms with Crippen LogP contribution in [0.25, 0.3) is 0 Å². The van der Waals surface area contributed by atoms with Crippen molar-refractivity contribution in [3.05, 3.63) is 65.7 Å². The maximum Gasteiger partial charge on any atom is 0.223 e. The smallest absolute Gasteiger partial charge is 0.223 e. The Bertz CT molecular complexity index is 673. The number of nitrogens with zero attached hydrogens (tertiary/aromatic N) is 1. The molecule has 4 nitrogen and oxygen atoms in total. The molecular formula is C22H30N2O2. The molecule has 1 unspecified atom stereocenters. The first kappa shape index (κ1) is 20.0. The highest BCUT2D eigenvalue weighted by Crippen LogP contribution is 2.22. The second-order valence-corrected chi connectivity index (χ2v) is 6.77. The molecule has 0 fully saturated rings. The topological polar surface area (TPSA) is 55.6 Å². The lowest BCUT2D eigenvalue weighted by Gasteiger charge is -2.24. The van der Waals surface area contributed by atoms with Crippen LogP contribution in [0.1, 0.15) is 30.9 Å². The summed E-state index contributed by atoms with van der Waals surface area (Å²) in [7, 11) is 1.68. The lowest BCUT2D eigenvalue weighted by atomic mass is 9.96. The van der Waals surface area contributed by atoms with Gasteiger partial charge in [0.2, 0.25) is 5.91 Å². The van der Waals surface area contributed by atoms with Gasteiger partial charge in [0, 0.05) is 19.5 Å². The van der Waals surface area contributed by atoms with E-state index in [9.17, 15) is 4.79 Å². The van der Waals surface area contributed by atoms with Crippen LogP contribution in [0, 0.1) is 5.92 Å². The Balaban J connectivity index is 1.98. The van der Waals surface area contributed by atoms with Gasteiger partial charge >= 0.3 is 0 Å². The van der Waals surface area contributed by atoms with Crippen LogP contribution in [0.5, 0.6) is 5.75 Å². The van der Waals surface area contributed by atoms with Gasteiger partial charge < -0.3 is 15.4 Å². The molecule has 0 radical (unpaired) electrons. The van der Waals surface area contributed by atoms with Crippen LogP contribution in [0.3, 0.4) is 0 Å². The van der Waals surface area contributed by atoms with E-state index in [0.29, 0.717) is 26.1 Å². The van der Waals surface area contributed by atoms with E-state index in [-0.39, 0.29) is 11.8 Å². The van der Waals surface area contributed by atoms with Crippen molar-refractivity contribution in [2.24, 2.45) is 11.7 Å². The van der Waals surface area contributed by atoms with E-state index < -0.39 is 0 Å². The van der Waals surface area contributed by atoms with E-state index in [4.69, 9.17) is 10.5 Å². The van der Waals surface area contributed by atoms with Gasteiger partial charge in [-0.15, -0.1) is 0 Å². The maximum absolute atomic E-state index is 12.9. The number of para-hydroxylation sites is 1. The third-order valence-electron chi connectivity index (χ3n) is 4.49. The minimum Gasteiger partial charge on any atom is -0.496 e. The summed E-state index contributed by atoms with van der Waals surface area (Å²) in [5.74, 6) is 1.32. The van der Waals surface area contributed by atoms with Crippen LogP contribution in [0.2, 0.25) is 0 Å². The molecule has 1 atom stereocenters. The van der Waals surface area contributed by atoms with Crippen LogP contribution in [0.4, 0.5) is 0 Å². The first-order valence-electron chi connectivity index (χ1n) is 9.27. The molecule has 0 aliphatic rings. The summed E-state index contributed by atoms with van der Waals surface area (Å²) in [5, 5.41) is 0. The molecule has 0 saturated carbocycles. The first-order chi connectivity index (χ1) is 12.6. The average molecular weight is 354 g/mol. The molecular weight excluding hydrogens is 324 g/mol. The fourth-order valence-electron chi connectivity index (χ4n) is 3.12. The van der Waals surface area contributed by atoms with Crippen molar-refractivity contribution in [2.75, 3.05) is 20.2 Å². The minimum atomic E-state index is 0.185. The molecule has 0 bridgehead atoms. The monoisotopic (exact) mass is 354 g/mol. The van der Waals surface area contributed by atoms with Gasteiger partial charge in [0.25, 0.3) is 0 Å². The summed E-state index contributed by atoms with van der Waals surface area (Å²) in [6, 6.07) is 18.1. The maximum atomic E-state index is 12.9. The second-order valence-electron chi connectivity index (χ2n) is 6.77. The molecule has 0 spiro atoms. The largest absolute Gasteiger partial charge is 0.496 e. The molecule has 2 aromatic rings. The summed E-state index contributed by atoms with van der Waals surface area (Å²) in [6.45, 7) is 4.05. The molecule has 0 aliphatic carbocycles. The number of carbonyl (C=O) groups excluding carboxylic acids is 1. The zero-order valence-corrected chi connectivity index (χ0v) is 15.9. The number of hydrogen-bond acceptors (Lipinski definition) is 3. The number of amides is 1. The molecule has 2 N–H and O–H groups in total. The van der Waals surface area contributed by atoms with Crippen LogP contribution < -0.4 is 10.5 Å². The highest BCUT2D eigenvalue weighted by molar-refractivity contribution is 5.76. The van der Waals surface area contributed by atoms with Crippen molar-refractivity contribution >= 4 is 5.91 Å². The number of benzene rings is 2. The van der Waals surface area contributed by atoms with Crippen molar-refractivity contribution in [1.29, 1.82) is 0 Å². The number of nitrogens with two attached hydrogens (primary N) is 1. The van der Waals surface area contributed by atoms with Crippen LogP contribution in [0.15, 0.2) is 54.6 Å². The Morgan fingerprint density at radius 3 is 2.50 bits per heavy atom. The highest BCUT2D eigenvalue weighted by atomic mass is 16.5. The van der Waals surface area contributed by atoms with Crippen LogP contribution >= 0.6 is 0 Å².